The molecule has 2 aliphatic rings. The molecule has 1 saturated heterocycles. The zero-order valence-electron chi connectivity index (χ0n) is 14.4. The fraction of sp³-hybridized carbons (Fsp3) is 0.526. The standard InChI is InChI=1S/C19H23FN2O3/c1-12-14-11-13(20)5-6-17(14)25-18(12)19(24)22-9-7-21(8-10-22)15-3-2-4-16(15)23/h5-6,11,15-16,23H,2-4,7-10H2,1H3/t15-,16+/m0/s1. The lowest BCUT2D eigenvalue weighted by Crippen LogP contribution is -2.53. The first kappa shape index (κ1) is 16.5. The Labute approximate surface area is 146 Å². The Bertz CT molecular complexity index is 795. The fourth-order valence-corrected chi connectivity index (χ4v) is 4.14. The molecule has 134 valence electrons. The molecule has 1 aliphatic carbocycles. The number of fused-ring (bicyclic) bond motifs is 1. The number of piperazine rings is 1. The van der Waals surface area contributed by atoms with Gasteiger partial charge in [-0.15, -0.1) is 0 Å². The summed E-state index contributed by atoms with van der Waals surface area (Å²) in [6.45, 7) is 4.56. The number of rotatable bonds is 2. The summed E-state index contributed by atoms with van der Waals surface area (Å²) in [6, 6.07) is 4.54. The first-order valence-corrected chi connectivity index (χ1v) is 8.94. The van der Waals surface area contributed by atoms with E-state index in [1.54, 1.807) is 17.9 Å². The molecule has 6 heteroatoms. The molecule has 2 fully saturated rings. The number of nitrogens with zero attached hydrogens (tertiary/aromatic N) is 2. The molecule has 4 rings (SSSR count). The molecule has 2 atom stereocenters. The summed E-state index contributed by atoms with van der Waals surface area (Å²) < 4.78 is 19.1. The van der Waals surface area contributed by atoms with Gasteiger partial charge >= 0.3 is 0 Å². The predicted molar refractivity (Wildman–Crippen MR) is 92.0 cm³/mol. The molecule has 1 N–H and O–H groups in total. The second-order valence-corrected chi connectivity index (χ2v) is 7.09. The van der Waals surface area contributed by atoms with Gasteiger partial charge in [0.1, 0.15) is 11.4 Å². The van der Waals surface area contributed by atoms with Gasteiger partial charge in [-0.05, 0) is 44.4 Å². The van der Waals surface area contributed by atoms with Crippen LogP contribution in [0.25, 0.3) is 11.0 Å². The minimum absolute atomic E-state index is 0.138. The quantitative estimate of drug-likeness (QED) is 0.908. The topological polar surface area (TPSA) is 56.9 Å². The first-order valence-electron chi connectivity index (χ1n) is 8.94. The van der Waals surface area contributed by atoms with Gasteiger partial charge in [0.15, 0.2) is 5.76 Å². The molecule has 0 bridgehead atoms. The van der Waals surface area contributed by atoms with Gasteiger partial charge in [-0.2, -0.15) is 0 Å². The van der Waals surface area contributed by atoms with Crippen LogP contribution in [0.4, 0.5) is 4.39 Å². The molecule has 5 nitrogen and oxygen atoms in total. The normalized spacial score (nSPS) is 25.0. The van der Waals surface area contributed by atoms with Gasteiger partial charge in [-0.25, -0.2) is 4.39 Å². The highest BCUT2D eigenvalue weighted by Gasteiger charge is 2.34. The molecule has 0 radical (unpaired) electrons. The van der Waals surface area contributed by atoms with Crippen molar-refractivity contribution < 1.29 is 18.7 Å². The number of halogens is 1. The highest BCUT2D eigenvalue weighted by Crippen LogP contribution is 2.28. The third-order valence-corrected chi connectivity index (χ3v) is 5.61. The van der Waals surface area contributed by atoms with E-state index >= 15 is 0 Å². The average molecular weight is 346 g/mol. The number of hydrogen-bond acceptors (Lipinski definition) is 4. The van der Waals surface area contributed by atoms with E-state index in [9.17, 15) is 14.3 Å². The number of amides is 1. The lowest BCUT2D eigenvalue weighted by molar-refractivity contribution is 0.0302. The summed E-state index contributed by atoms with van der Waals surface area (Å²) in [5.41, 5.74) is 1.23. The summed E-state index contributed by atoms with van der Waals surface area (Å²) in [6.07, 6.45) is 2.73. The Morgan fingerprint density at radius 3 is 2.68 bits per heavy atom. The van der Waals surface area contributed by atoms with Crippen LogP contribution in [0.2, 0.25) is 0 Å². The monoisotopic (exact) mass is 346 g/mol. The van der Waals surface area contributed by atoms with E-state index in [4.69, 9.17) is 4.42 Å². The lowest BCUT2D eigenvalue weighted by atomic mass is 10.1. The van der Waals surface area contributed by atoms with Crippen molar-refractivity contribution >= 4 is 16.9 Å². The van der Waals surface area contributed by atoms with Crippen LogP contribution < -0.4 is 0 Å². The number of benzene rings is 1. The second-order valence-electron chi connectivity index (χ2n) is 7.09. The van der Waals surface area contributed by atoms with Gasteiger partial charge in [0.2, 0.25) is 0 Å². The van der Waals surface area contributed by atoms with Crippen LogP contribution in [-0.4, -0.2) is 59.1 Å². The van der Waals surface area contributed by atoms with Crippen molar-refractivity contribution in [3.05, 3.63) is 35.3 Å². The van der Waals surface area contributed by atoms with Crippen molar-refractivity contribution in [2.75, 3.05) is 26.2 Å². The second kappa shape index (κ2) is 6.42. The van der Waals surface area contributed by atoms with E-state index in [1.165, 1.54) is 12.1 Å². The Morgan fingerprint density at radius 2 is 2.00 bits per heavy atom. The number of carbonyl (C=O) groups is 1. The molecule has 2 aromatic rings. The van der Waals surface area contributed by atoms with Crippen molar-refractivity contribution in [3.8, 4) is 0 Å². The molecule has 1 aromatic heterocycles. The minimum atomic E-state index is -0.334. The minimum Gasteiger partial charge on any atom is -0.451 e. The van der Waals surface area contributed by atoms with Gasteiger partial charge in [0, 0.05) is 43.2 Å². The average Bonchev–Trinajstić information content (AvgIpc) is 3.18. The van der Waals surface area contributed by atoms with E-state index in [-0.39, 0.29) is 23.9 Å². The largest absolute Gasteiger partial charge is 0.451 e. The number of furan rings is 1. The summed E-state index contributed by atoms with van der Waals surface area (Å²) in [7, 11) is 0. The first-order chi connectivity index (χ1) is 12.0. The Kier molecular flexibility index (Phi) is 4.25. The van der Waals surface area contributed by atoms with Crippen LogP contribution in [0, 0.1) is 12.7 Å². The van der Waals surface area contributed by atoms with Crippen molar-refractivity contribution in [2.45, 2.75) is 38.3 Å². The van der Waals surface area contributed by atoms with Gasteiger partial charge in [-0.3, -0.25) is 9.69 Å². The molecule has 0 spiro atoms. The summed E-state index contributed by atoms with van der Waals surface area (Å²) in [5, 5.41) is 10.7. The third-order valence-electron chi connectivity index (χ3n) is 5.61. The van der Waals surface area contributed by atoms with E-state index in [0.29, 0.717) is 35.4 Å². The number of hydrogen-bond donors (Lipinski definition) is 1. The summed E-state index contributed by atoms with van der Waals surface area (Å²) >= 11 is 0. The van der Waals surface area contributed by atoms with Crippen LogP contribution in [0.15, 0.2) is 22.6 Å². The van der Waals surface area contributed by atoms with Crippen LogP contribution in [0.5, 0.6) is 0 Å². The van der Waals surface area contributed by atoms with Crippen LogP contribution >= 0.6 is 0 Å². The van der Waals surface area contributed by atoms with Crippen molar-refractivity contribution in [1.29, 1.82) is 0 Å². The van der Waals surface area contributed by atoms with Gasteiger partial charge in [0.25, 0.3) is 5.91 Å². The number of carbonyl (C=O) groups excluding carboxylic acids is 1. The lowest BCUT2D eigenvalue weighted by Gasteiger charge is -2.38. The molecular formula is C19H23FN2O3. The van der Waals surface area contributed by atoms with Gasteiger partial charge < -0.3 is 14.4 Å². The number of aliphatic hydroxyl groups excluding tert-OH is 1. The number of aliphatic hydroxyl groups is 1. The van der Waals surface area contributed by atoms with Gasteiger partial charge in [0.05, 0.1) is 6.10 Å². The number of aryl methyl sites for hydroxylation is 1. The summed E-state index contributed by atoms with van der Waals surface area (Å²) in [5.74, 6) is -0.171. The molecule has 25 heavy (non-hydrogen) atoms. The summed E-state index contributed by atoms with van der Waals surface area (Å²) in [4.78, 5) is 16.9. The van der Waals surface area contributed by atoms with Crippen LogP contribution in [0.3, 0.4) is 0 Å². The molecule has 1 aromatic carbocycles. The SMILES string of the molecule is Cc1c(C(=O)N2CCN([C@H]3CCC[C@H]3O)CC2)oc2ccc(F)cc12. The van der Waals surface area contributed by atoms with Crippen LogP contribution in [0.1, 0.15) is 35.4 Å². The smallest absolute Gasteiger partial charge is 0.289 e. The molecule has 0 unspecified atom stereocenters. The highest BCUT2D eigenvalue weighted by molar-refractivity contribution is 5.99. The maximum absolute atomic E-state index is 13.4. The molecule has 2 heterocycles. The molecule has 1 saturated carbocycles. The fourth-order valence-electron chi connectivity index (χ4n) is 4.14. The predicted octanol–water partition coefficient (Wildman–Crippen LogP) is 2.55. The van der Waals surface area contributed by atoms with Crippen molar-refractivity contribution in [3.63, 3.8) is 0 Å². The molecular weight excluding hydrogens is 323 g/mol. The molecule has 1 aliphatic heterocycles. The van der Waals surface area contributed by atoms with Crippen molar-refractivity contribution in [1.82, 2.24) is 9.80 Å². The Hall–Kier alpha value is -1.92. The van der Waals surface area contributed by atoms with E-state index < -0.39 is 0 Å². The van der Waals surface area contributed by atoms with Gasteiger partial charge in [-0.1, -0.05) is 0 Å². The Morgan fingerprint density at radius 1 is 1.24 bits per heavy atom. The zero-order valence-corrected chi connectivity index (χ0v) is 14.4. The maximum Gasteiger partial charge on any atom is 0.289 e. The third kappa shape index (κ3) is 2.93. The van der Waals surface area contributed by atoms with E-state index in [1.807, 2.05) is 0 Å². The highest BCUT2D eigenvalue weighted by atomic mass is 19.1. The van der Waals surface area contributed by atoms with Crippen molar-refractivity contribution in [2.24, 2.45) is 0 Å². The van der Waals surface area contributed by atoms with E-state index in [2.05, 4.69) is 4.90 Å². The van der Waals surface area contributed by atoms with Crippen LogP contribution in [-0.2, 0) is 0 Å². The van der Waals surface area contributed by atoms with E-state index in [0.717, 1.165) is 32.4 Å². The molecule has 1 amide bonds. The zero-order chi connectivity index (χ0) is 17.6. The maximum atomic E-state index is 13.4. The Balaban J connectivity index is 1.48.